The minimum Gasteiger partial charge on any atom is -0.480 e. The summed E-state index contributed by atoms with van der Waals surface area (Å²) < 4.78 is 5.45. The van der Waals surface area contributed by atoms with Gasteiger partial charge in [-0.2, -0.15) is 0 Å². The number of nitrogens with zero attached hydrogens (tertiary/aromatic N) is 1. The van der Waals surface area contributed by atoms with E-state index in [2.05, 4.69) is 5.32 Å². The van der Waals surface area contributed by atoms with Gasteiger partial charge in [-0.3, -0.25) is 0 Å². The van der Waals surface area contributed by atoms with E-state index in [1.165, 1.54) is 4.90 Å². The van der Waals surface area contributed by atoms with Crippen molar-refractivity contribution in [3.63, 3.8) is 0 Å². The second-order valence-electron chi connectivity index (χ2n) is 5.79. The molecule has 1 aliphatic heterocycles. The van der Waals surface area contributed by atoms with Gasteiger partial charge >= 0.3 is 12.0 Å². The summed E-state index contributed by atoms with van der Waals surface area (Å²) in [5.74, 6) is -0.905. The molecule has 2 unspecified atom stereocenters. The highest BCUT2D eigenvalue weighted by atomic mass is 16.5. The number of hydrogen-bond donors (Lipinski definition) is 2. The summed E-state index contributed by atoms with van der Waals surface area (Å²) in [5, 5.41) is 12.2. The van der Waals surface area contributed by atoms with Crippen LogP contribution in [0.4, 0.5) is 4.79 Å². The number of aliphatic carboxylic acids is 1. The molecule has 0 aromatic carbocycles. The van der Waals surface area contributed by atoms with E-state index < -0.39 is 12.0 Å². The SMILES string of the molecule is CCOC1CC(NC(=O)N2CCCC(C)C2C(=O)O)C1. The molecule has 6 heteroatoms. The molecule has 1 saturated carbocycles. The van der Waals surface area contributed by atoms with E-state index in [1.807, 2.05) is 13.8 Å². The minimum absolute atomic E-state index is 0.00423. The number of carbonyl (C=O) groups excluding carboxylic acids is 1. The number of rotatable bonds is 4. The molecule has 0 aromatic rings. The molecule has 1 saturated heterocycles. The Labute approximate surface area is 119 Å². The van der Waals surface area contributed by atoms with E-state index in [4.69, 9.17) is 4.74 Å². The standard InChI is InChI=1S/C14H24N2O4/c1-3-20-11-7-10(8-11)15-14(19)16-6-4-5-9(2)12(16)13(17)18/h9-12H,3-8H2,1-2H3,(H,15,19)(H,17,18). The predicted molar refractivity (Wildman–Crippen MR) is 73.5 cm³/mol. The lowest BCUT2D eigenvalue weighted by molar-refractivity contribution is -0.145. The van der Waals surface area contributed by atoms with Crippen LogP contribution in [0.3, 0.4) is 0 Å². The molecule has 2 N–H and O–H groups in total. The van der Waals surface area contributed by atoms with Crippen LogP contribution in [0.15, 0.2) is 0 Å². The van der Waals surface area contributed by atoms with E-state index >= 15 is 0 Å². The van der Waals surface area contributed by atoms with E-state index in [0.29, 0.717) is 13.2 Å². The number of ether oxygens (including phenoxy) is 1. The van der Waals surface area contributed by atoms with Crippen molar-refractivity contribution in [2.75, 3.05) is 13.2 Å². The zero-order chi connectivity index (χ0) is 14.7. The zero-order valence-corrected chi connectivity index (χ0v) is 12.2. The number of likely N-dealkylation sites (tertiary alicyclic amines) is 1. The fraction of sp³-hybridized carbons (Fsp3) is 0.857. The van der Waals surface area contributed by atoms with Crippen LogP contribution < -0.4 is 5.32 Å². The van der Waals surface area contributed by atoms with Crippen LogP contribution >= 0.6 is 0 Å². The number of carboxylic acid groups (broad SMARTS) is 1. The smallest absolute Gasteiger partial charge is 0.326 e. The molecule has 114 valence electrons. The predicted octanol–water partition coefficient (Wildman–Crippen LogP) is 1.45. The molecule has 2 fully saturated rings. The van der Waals surface area contributed by atoms with Crippen molar-refractivity contribution >= 4 is 12.0 Å². The molecule has 2 rings (SSSR count). The van der Waals surface area contributed by atoms with E-state index in [1.54, 1.807) is 0 Å². The first kappa shape index (κ1) is 15.1. The molecule has 2 atom stereocenters. The molecule has 0 bridgehead atoms. The lowest BCUT2D eigenvalue weighted by atomic mass is 9.88. The summed E-state index contributed by atoms with van der Waals surface area (Å²) in [7, 11) is 0. The van der Waals surface area contributed by atoms with Crippen molar-refractivity contribution in [1.29, 1.82) is 0 Å². The first-order valence-corrected chi connectivity index (χ1v) is 7.44. The molecule has 2 amide bonds. The maximum Gasteiger partial charge on any atom is 0.326 e. The summed E-state index contributed by atoms with van der Waals surface area (Å²) in [6, 6.07) is -0.832. The van der Waals surface area contributed by atoms with Crippen molar-refractivity contribution in [3.05, 3.63) is 0 Å². The normalized spacial score (nSPS) is 33.4. The molecule has 20 heavy (non-hydrogen) atoms. The van der Waals surface area contributed by atoms with Crippen molar-refractivity contribution < 1.29 is 19.4 Å². The molecule has 6 nitrogen and oxygen atoms in total. The largest absolute Gasteiger partial charge is 0.480 e. The molecular weight excluding hydrogens is 260 g/mol. The van der Waals surface area contributed by atoms with Gasteiger partial charge in [0.05, 0.1) is 6.10 Å². The van der Waals surface area contributed by atoms with Crippen LogP contribution in [0.1, 0.15) is 39.5 Å². The number of carbonyl (C=O) groups is 2. The van der Waals surface area contributed by atoms with E-state index in [-0.39, 0.29) is 24.1 Å². The van der Waals surface area contributed by atoms with Crippen molar-refractivity contribution in [1.82, 2.24) is 10.2 Å². The Morgan fingerprint density at radius 3 is 2.70 bits per heavy atom. The lowest BCUT2D eigenvalue weighted by Gasteiger charge is -2.40. The van der Waals surface area contributed by atoms with Crippen molar-refractivity contribution in [2.45, 2.75) is 57.7 Å². The Bertz CT molecular complexity index is 368. The van der Waals surface area contributed by atoms with Gasteiger partial charge in [0.25, 0.3) is 0 Å². The Morgan fingerprint density at radius 1 is 1.40 bits per heavy atom. The number of nitrogens with one attached hydrogen (secondary N) is 1. The fourth-order valence-corrected chi connectivity index (χ4v) is 3.11. The first-order valence-electron chi connectivity index (χ1n) is 7.44. The first-order chi connectivity index (χ1) is 9.52. The Hall–Kier alpha value is -1.30. The Morgan fingerprint density at radius 2 is 2.10 bits per heavy atom. The van der Waals surface area contributed by atoms with Crippen LogP contribution in [-0.2, 0) is 9.53 Å². The minimum atomic E-state index is -0.909. The van der Waals surface area contributed by atoms with Gasteiger partial charge in [0.1, 0.15) is 6.04 Å². The van der Waals surface area contributed by atoms with E-state index in [0.717, 1.165) is 25.7 Å². The van der Waals surface area contributed by atoms with Gasteiger partial charge in [0.2, 0.25) is 0 Å². The Balaban J connectivity index is 1.86. The van der Waals surface area contributed by atoms with Gasteiger partial charge in [-0.1, -0.05) is 6.92 Å². The summed E-state index contributed by atoms with van der Waals surface area (Å²) in [6.07, 6.45) is 3.60. The third kappa shape index (κ3) is 3.23. The van der Waals surface area contributed by atoms with E-state index in [9.17, 15) is 14.7 Å². The van der Waals surface area contributed by atoms with Gasteiger partial charge in [0.15, 0.2) is 0 Å². The Kier molecular flexibility index (Phi) is 4.86. The maximum absolute atomic E-state index is 12.2. The number of amides is 2. The molecule has 1 heterocycles. The number of piperidine rings is 1. The summed E-state index contributed by atoms with van der Waals surface area (Å²) in [5.41, 5.74) is 0. The van der Waals surface area contributed by atoms with Crippen LogP contribution in [-0.4, -0.2) is 53.3 Å². The molecular formula is C14H24N2O4. The van der Waals surface area contributed by atoms with Crippen molar-refractivity contribution in [3.8, 4) is 0 Å². The average molecular weight is 284 g/mol. The lowest BCUT2D eigenvalue weighted by Crippen LogP contribution is -2.58. The van der Waals surface area contributed by atoms with Crippen molar-refractivity contribution in [2.24, 2.45) is 5.92 Å². The molecule has 0 spiro atoms. The van der Waals surface area contributed by atoms with Gasteiger partial charge < -0.3 is 20.1 Å². The number of urea groups is 1. The van der Waals surface area contributed by atoms with Crippen LogP contribution in [0.5, 0.6) is 0 Å². The third-order valence-corrected chi connectivity index (χ3v) is 4.27. The molecule has 2 aliphatic rings. The number of hydrogen-bond acceptors (Lipinski definition) is 3. The highest BCUT2D eigenvalue weighted by Gasteiger charge is 2.39. The maximum atomic E-state index is 12.2. The van der Waals surface area contributed by atoms with Gasteiger partial charge in [0, 0.05) is 19.2 Å². The fourth-order valence-electron chi connectivity index (χ4n) is 3.11. The molecule has 0 radical (unpaired) electrons. The van der Waals surface area contributed by atoms with Gasteiger partial charge in [-0.25, -0.2) is 9.59 Å². The summed E-state index contributed by atoms with van der Waals surface area (Å²) in [6.45, 7) is 5.07. The van der Waals surface area contributed by atoms with Crippen LogP contribution in [0.25, 0.3) is 0 Å². The quantitative estimate of drug-likeness (QED) is 0.819. The summed E-state index contributed by atoms with van der Waals surface area (Å²) >= 11 is 0. The zero-order valence-electron chi connectivity index (χ0n) is 12.2. The van der Waals surface area contributed by atoms with Crippen LogP contribution in [0, 0.1) is 5.92 Å². The molecule has 0 aromatic heterocycles. The van der Waals surface area contributed by atoms with Gasteiger partial charge in [-0.15, -0.1) is 0 Å². The van der Waals surface area contributed by atoms with Crippen LogP contribution in [0.2, 0.25) is 0 Å². The average Bonchev–Trinajstić information content (AvgIpc) is 2.35. The molecule has 1 aliphatic carbocycles. The topological polar surface area (TPSA) is 78.9 Å². The highest BCUT2D eigenvalue weighted by Crippen LogP contribution is 2.26. The monoisotopic (exact) mass is 284 g/mol. The number of carboxylic acids is 1. The van der Waals surface area contributed by atoms with Gasteiger partial charge in [-0.05, 0) is 38.5 Å². The highest BCUT2D eigenvalue weighted by molar-refractivity contribution is 5.83. The third-order valence-electron chi connectivity index (χ3n) is 4.27. The summed E-state index contributed by atoms with van der Waals surface area (Å²) in [4.78, 5) is 25.1. The second kappa shape index (κ2) is 6.43. The second-order valence-corrected chi connectivity index (χ2v) is 5.79.